The predicted molar refractivity (Wildman–Crippen MR) is 72.0 cm³/mol. The molecule has 0 aromatic heterocycles. The maximum atomic E-state index is 10.0. The Balaban J connectivity index is 2.14. The molecule has 18 heavy (non-hydrogen) atoms. The van der Waals surface area contributed by atoms with Gasteiger partial charge in [-0.1, -0.05) is 41.9 Å². The lowest BCUT2D eigenvalue weighted by molar-refractivity contribution is 0.115. The summed E-state index contributed by atoms with van der Waals surface area (Å²) < 4.78 is 5.52. The average Bonchev–Trinajstić information content (AvgIpc) is 2.41. The van der Waals surface area contributed by atoms with Crippen molar-refractivity contribution in [1.29, 1.82) is 0 Å². The summed E-state index contributed by atoms with van der Waals surface area (Å²) in [5.74, 6) is 0.620. The van der Waals surface area contributed by atoms with E-state index in [4.69, 9.17) is 16.3 Å². The van der Waals surface area contributed by atoms with Crippen LogP contribution in [0.2, 0.25) is 5.02 Å². The second-order valence-corrected chi connectivity index (χ2v) is 4.80. The van der Waals surface area contributed by atoms with Crippen molar-refractivity contribution in [2.45, 2.75) is 12.5 Å². The smallest absolute Gasteiger partial charge is 0.143 e. The van der Waals surface area contributed by atoms with Gasteiger partial charge in [-0.05, 0) is 23.3 Å². The fourth-order valence-corrected chi connectivity index (χ4v) is 2.52. The normalized spacial score (nSPS) is 18.0. The van der Waals surface area contributed by atoms with Gasteiger partial charge in [0.15, 0.2) is 0 Å². The van der Waals surface area contributed by atoms with E-state index in [2.05, 4.69) is 0 Å². The van der Waals surface area contributed by atoms with Gasteiger partial charge in [0.1, 0.15) is 5.75 Å². The van der Waals surface area contributed by atoms with Crippen LogP contribution < -0.4 is 4.74 Å². The molecule has 2 nitrogen and oxygen atoms in total. The largest absolute Gasteiger partial charge is 0.492 e. The van der Waals surface area contributed by atoms with Gasteiger partial charge in [0.2, 0.25) is 0 Å². The van der Waals surface area contributed by atoms with E-state index in [0.717, 1.165) is 16.7 Å². The summed E-state index contributed by atoms with van der Waals surface area (Å²) in [5, 5.41) is 10.6. The third kappa shape index (κ3) is 1.98. The lowest BCUT2D eigenvalue weighted by atomic mass is 9.97. The summed E-state index contributed by atoms with van der Waals surface area (Å²) in [5.41, 5.74) is 2.87. The molecule has 1 aliphatic rings. The molecule has 1 aliphatic heterocycles. The minimum atomic E-state index is -0.491. The Bertz CT molecular complexity index is 566. The number of aliphatic hydroxyl groups is 1. The number of aliphatic hydroxyl groups excluding tert-OH is 1. The van der Waals surface area contributed by atoms with Gasteiger partial charge in [-0.25, -0.2) is 0 Å². The second kappa shape index (κ2) is 4.63. The molecule has 0 saturated carbocycles. The van der Waals surface area contributed by atoms with E-state index < -0.39 is 6.10 Å². The number of benzene rings is 2. The third-order valence-corrected chi connectivity index (χ3v) is 3.46. The molecule has 0 spiro atoms. The standard InChI is InChI=1S/C15H13ClO2/c16-13-9-11(10-4-2-1-3-5-10)8-12-14(17)6-7-18-15(12)13/h1-5,8-9,14,17H,6-7H2/t14-/m0/s1. The van der Waals surface area contributed by atoms with Crippen LogP contribution in [0.5, 0.6) is 5.75 Å². The van der Waals surface area contributed by atoms with Gasteiger partial charge in [0.05, 0.1) is 17.7 Å². The molecular formula is C15H13ClO2. The fourth-order valence-electron chi connectivity index (χ4n) is 2.24. The van der Waals surface area contributed by atoms with Crippen LogP contribution in [0.15, 0.2) is 42.5 Å². The van der Waals surface area contributed by atoms with Gasteiger partial charge in [-0.2, -0.15) is 0 Å². The Morgan fingerprint density at radius 2 is 1.89 bits per heavy atom. The minimum absolute atomic E-state index is 0.491. The van der Waals surface area contributed by atoms with Gasteiger partial charge >= 0.3 is 0 Å². The van der Waals surface area contributed by atoms with Crippen LogP contribution in [0, 0.1) is 0 Å². The van der Waals surface area contributed by atoms with Gasteiger partial charge < -0.3 is 9.84 Å². The van der Waals surface area contributed by atoms with Crippen molar-refractivity contribution in [3.8, 4) is 16.9 Å². The Morgan fingerprint density at radius 1 is 1.11 bits per heavy atom. The highest BCUT2D eigenvalue weighted by Crippen LogP contribution is 2.40. The number of rotatable bonds is 1. The predicted octanol–water partition coefficient (Wildman–Crippen LogP) is 3.82. The third-order valence-electron chi connectivity index (χ3n) is 3.18. The van der Waals surface area contributed by atoms with E-state index in [1.165, 1.54) is 0 Å². The molecule has 1 heterocycles. The molecule has 0 bridgehead atoms. The SMILES string of the molecule is O[C@H]1CCOc2c(Cl)cc(-c3ccccc3)cc21. The lowest BCUT2D eigenvalue weighted by Gasteiger charge is -2.24. The second-order valence-electron chi connectivity index (χ2n) is 4.40. The van der Waals surface area contributed by atoms with Crippen LogP contribution >= 0.6 is 11.6 Å². The molecule has 0 aliphatic carbocycles. The van der Waals surface area contributed by atoms with E-state index in [1.54, 1.807) is 0 Å². The maximum absolute atomic E-state index is 10.0. The first kappa shape index (κ1) is 11.6. The van der Waals surface area contributed by atoms with Crippen molar-refractivity contribution in [3.63, 3.8) is 0 Å². The maximum Gasteiger partial charge on any atom is 0.143 e. The van der Waals surface area contributed by atoms with E-state index in [-0.39, 0.29) is 0 Å². The summed E-state index contributed by atoms with van der Waals surface area (Å²) in [6.45, 7) is 0.512. The highest BCUT2D eigenvalue weighted by Gasteiger charge is 2.22. The molecular weight excluding hydrogens is 248 g/mol. The van der Waals surface area contributed by atoms with E-state index >= 15 is 0 Å². The van der Waals surface area contributed by atoms with Gasteiger partial charge in [-0.3, -0.25) is 0 Å². The van der Waals surface area contributed by atoms with E-state index in [9.17, 15) is 5.11 Å². The van der Waals surface area contributed by atoms with Crippen LogP contribution in [0.4, 0.5) is 0 Å². The molecule has 92 valence electrons. The number of ether oxygens (including phenoxy) is 1. The Kier molecular flexibility index (Phi) is 2.98. The van der Waals surface area contributed by atoms with Crippen LogP contribution in [0.3, 0.4) is 0 Å². The minimum Gasteiger partial charge on any atom is -0.492 e. The monoisotopic (exact) mass is 260 g/mol. The van der Waals surface area contributed by atoms with Gasteiger partial charge in [0.25, 0.3) is 0 Å². The van der Waals surface area contributed by atoms with Gasteiger partial charge in [0, 0.05) is 12.0 Å². The first-order valence-corrected chi connectivity index (χ1v) is 6.33. The quantitative estimate of drug-likeness (QED) is 0.845. The zero-order chi connectivity index (χ0) is 12.5. The molecule has 0 fully saturated rings. The van der Waals surface area contributed by atoms with Crippen molar-refractivity contribution in [3.05, 3.63) is 53.1 Å². The Hall–Kier alpha value is -1.51. The molecule has 0 saturated heterocycles. The van der Waals surface area contributed by atoms with E-state index in [1.807, 2.05) is 42.5 Å². The molecule has 2 aromatic rings. The van der Waals surface area contributed by atoms with Crippen molar-refractivity contribution >= 4 is 11.6 Å². The fraction of sp³-hybridized carbons (Fsp3) is 0.200. The first-order valence-electron chi connectivity index (χ1n) is 5.95. The van der Waals surface area contributed by atoms with Gasteiger partial charge in [-0.15, -0.1) is 0 Å². The van der Waals surface area contributed by atoms with Crippen LogP contribution in [0.1, 0.15) is 18.1 Å². The Labute approximate surface area is 111 Å². The molecule has 3 rings (SSSR count). The Morgan fingerprint density at radius 3 is 2.67 bits per heavy atom. The lowest BCUT2D eigenvalue weighted by Crippen LogP contribution is -2.14. The van der Waals surface area contributed by atoms with Crippen LogP contribution in [0.25, 0.3) is 11.1 Å². The molecule has 1 N–H and O–H groups in total. The summed E-state index contributed by atoms with van der Waals surface area (Å²) in [7, 11) is 0. The molecule has 0 unspecified atom stereocenters. The molecule has 3 heteroatoms. The zero-order valence-electron chi connectivity index (χ0n) is 9.77. The summed E-state index contributed by atoms with van der Waals surface area (Å²) in [6, 6.07) is 13.8. The molecule has 1 atom stereocenters. The van der Waals surface area contributed by atoms with Crippen LogP contribution in [-0.2, 0) is 0 Å². The number of fused-ring (bicyclic) bond motifs is 1. The van der Waals surface area contributed by atoms with Crippen molar-refractivity contribution in [2.24, 2.45) is 0 Å². The number of halogens is 1. The summed E-state index contributed by atoms with van der Waals surface area (Å²) in [6.07, 6.45) is 0.122. The molecule has 0 radical (unpaired) electrons. The van der Waals surface area contributed by atoms with E-state index in [0.29, 0.717) is 23.8 Å². The average molecular weight is 261 g/mol. The highest BCUT2D eigenvalue weighted by molar-refractivity contribution is 6.32. The first-order chi connectivity index (χ1) is 8.75. The highest BCUT2D eigenvalue weighted by atomic mass is 35.5. The van der Waals surface area contributed by atoms with Crippen molar-refractivity contribution in [2.75, 3.05) is 6.61 Å². The van der Waals surface area contributed by atoms with Crippen molar-refractivity contribution in [1.82, 2.24) is 0 Å². The summed E-state index contributed by atoms with van der Waals surface area (Å²) in [4.78, 5) is 0. The zero-order valence-corrected chi connectivity index (χ0v) is 10.5. The van der Waals surface area contributed by atoms with Crippen LogP contribution in [-0.4, -0.2) is 11.7 Å². The van der Waals surface area contributed by atoms with Crippen molar-refractivity contribution < 1.29 is 9.84 Å². The number of hydrogen-bond donors (Lipinski definition) is 1. The topological polar surface area (TPSA) is 29.5 Å². The molecule has 2 aromatic carbocycles. The number of hydrogen-bond acceptors (Lipinski definition) is 2. The molecule has 0 amide bonds. The summed E-state index contributed by atoms with van der Waals surface area (Å²) >= 11 is 6.23.